The lowest BCUT2D eigenvalue weighted by atomic mass is 9.93. The number of benzene rings is 1. The average Bonchev–Trinajstić information content (AvgIpc) is 3.38. The molecule has 1 N–H and O–H groups in total. The molecule has 1 aliphatic carbocycles. The van der Waals surface area contributed by atoms with E-state index in [1.165, 1.54) is 5.56 Å². The highest BCUT2D eigenvalue weighted by molar-refractivity contribution is 5.81. The molecule has 126 valence electrons. The van der Waals surface area contributed by atoms with Crippen molar-refractivity contribution in [3.8, 4) is 5.75 Å². The molecule has 1 saturated heterocycles. The average molecular weight is 316 g/mol. The minimum atomic E-state index is 0.341. The molecule has 2 fully saturated rings. The van der Waals surface area contributed by atoms with E-state index in [2.05, 4.69) is 29.3 Å². The van der Waals surface area contributed by atoms with Crippen LogP contribution in [0.5, 0.6) is 5.75 Å². The fraction of sp³-hybridized carbons (Fsp3) is 0.632. The zero-order valence-electron chi connectivity index (χ0n) is 14.3. The van der Waals surface area contributed by atoms with Crippen molar-refractivity contribution >= 4 is 5.91 Å². The van der Waals surface area contributed by atoms with E-state index in [1.807, 2.05) is 19.1 Å². The molecule has 4 heteroatoms. The molecule has 23 heavy (non-hydrogen) atoms. The SMILES string of the molecule is CCOc1cccc(CN[C@H]2CCN(C(=O)C3CC3)C[C@@H]2C)c1. The van der Waals surface area contributed by atoms with Crippen molar-refractivity contribution < 1.29 is 9.53 Å². The van der Waals surface area contributed by atoms with Gasteiger partial charge in [0.05, 0.1) is 6.61 Å². The van der Waals surface area contributed by atoms with E-state index in [-0.39, 0.29) is 0 Å². The number of piperidine rings is 1. The number of ether oxygens (including phenoxy) is 1. The molecule has 1 saturated carbocycles. The van der Waals surface area contributed by atoms with Crippen LogP contribution in [-0.4, -0.2) is 36.5 Å². The van der Waals surface area contributed by atoms with Gasteiger partial charge in [-0.25, -0.2) is 0 Å². The van der Waals surface area contributed by atoms with Crippen LogP contribution in [0.1, 0.15) is 38.7 Å². The second-order valence-electron chi connectivity index (χ2n) is 6.89. The summed E-state index contributed by atoms with van der Waals surface area (Å²) in [5.74, 6) is 2.17. The Hall–Kier alpha value is -1.55. The molecule has 3 rings (SSSR count). The summed E-state index contributed by atoms with van der Waals surface area (Å²) in [7, 11) is 0. The second-order valence-corrected chi connectivity index (χ2v) is 6.89. The van der Waals surface area contributed by atoms with Gasteiger partial charge in [-0.3, -0.25) is 4.79 Å². The molecule has 1 aliphatic heterocycles. The fourth-order valence-electron chi connectivity index (χ4n) is 3.40. The number of nitrogens with zero attached hydrogens (tertiary/aromatic N) is 1. The number of carbonyl (C=O) groups excluding carboxylic acids is 1. The van der Waals surface area contributed by atoms with Gasteiger partial charge < -0.3 is 15.0 Å². The molecule has 2 atom stereocenters. The van der Waals surface area contributed by atoms with E-state index in [0.717, 1.165) is 44.6 Å². The third kappa shape index (κ3) is 4.25. The van der Waals surface area contributed by atoms with E-state index in [0.29, 0.717) is 30.4 Å². The second kappa shape index (κ2) is 7.35. The summed E-state index contributed by atoms with van der Waals surface area (Å²) in [6.07, 6.45) is 3.24. The lowest BCUT2D eigenvalue weighted by Gasteiger charge is -2.37. The maximum absolute atomic E-state index is 12.2. The van der Waals surface area contributed by atoms with Gasteiger partial charge in [0.1, 0.15) is 5.75 Å². The standard InChI is InChI=1S/C19H28N2O2/c1-3-23-17-6-4-5-15(11-17)12-20-18-9-10-21(13-14(18)2)19(22)16-7-8-16/h4-6,11,14,16,18,20H,3,7-10,12-13H2,1-2H3/t14-,18-/m0/s1. The lowest BCUT2D eigenvalue weighted by Crippen LogP contribution is -2.50. The van der Waals surface area contributed by atoms with Gasteiger partial charge >= 0.3 is 0 Å². The Morgan fingerprint density at radius 2 is 2.17 bits per heavy atom. The number of rotatable bonds is 6. The zero-order chi connectivity index (χ0) is 16.2. The fourth-order valence-corrected chi connectivity index (χ4v) is 3.40. The molecule has 1 amide bonds. The summed E-state index contributed by atoms with van der Waals surface area (Å²) in [6, 6.07) is 8.76. The van der Waals surface area contributed by atoms with E-state index in [1.54, 1.807) is 0 Å². The Kier molecular flexibility index (Phi) is 5.21. The van der Waals surface area contributed by atoms with Crippen LogP contribution < -0.4 is 10.1 Å². The number of carbonyl (C=O) groups is 1. The van der Waals surface area contributed by atoms with Crippen LogP contribution in [0.25, 0.3) is 0 Å². The van der Waals surface area contributed by atoms with Crippen LogP contribution in [0.15, 0.2) is 24.3 Å². The van der Waals surface area contributed by atoms with E-state index >= 15 is 0 Å². The van der Waals surface area contributed by atoms with Crippen molar-refractivity contribution in [2.24, 2.45) is 11.8 Å². The molecule has 2 aliphatic rings. The smallest absolute Gasteiger partial charge is 0.225 e. The largest absolute Gasteiger partial charge is 0.494 e. The van der Waals surface area contributed by atoms with Gasteiger partial charge in [-0.15, -0.1) is 0 Å². The van der Waals surface area contributed by atoms with Crippen molar-refractivity contribution in [3.05, 3.63) is 29.8 Å². The van der Waals surface area contributed by atoms with Gasteiger partial charge in [0, 0.05) is 31.6 Å². The van der Waals surface area contributed by atoms with Crippen LogP contribution in [0.2, 0.25) is 0 Å². The molecule has 0 bridgehead atoms. The van der Waals surface area contributed by atoms with Crippen LogP contribution in [0.4, 0.5) is 0 Å². The van der Waals surface area contributed by atoms with Crippen LogP contribution >= 0.6 is 0 Å². The van der Waals surface area contributed by atoms with Gasteiger partial charge in [0.2, 0.25) is 5.91 Å². The van der Waals surface area contributed by atoms with Crippen molar-refractivity contribution in [2.75, 3.05) is 19.7 Å². The molecule has 4 nitrogen and oxygen atoms in total. The summed E-state index contributed by atoms with van der Waals surface area (Å²) in [4.78, 5) is 14.3. The molecule has 0 aromatic heterocycles. The highest BCUT2D eigenvalue weighted by Gasteiger charge is 2.36. The topological polar surface area (TPSA) is 41.6 Å². The minimum Gasteiger partial charge on any atom is -0.494 e. The Balaban J connectivity index is 1.49. The third-order valence-corrected chi connectivity index (χ3v) is 4.92. The maximum atomic E-state index is 12.2. The van der Waals surface area contributed by atoms with E-state index < -0.39 is 0 Å². The number of amides is 1. The first-order valence-corrected chi connectivity index (χ1v) is 8.91. The van der Waals surface area contributed by atoms with Gasteiger partial charge in [0.15, 0.2) is 0 Å². The summed E-state index contributed by atoms with van der Waals surface area (Å²) in [5, 5.41) is 3.67. The molecule has 1 heterocycles. The van der Waals surface area contributed by atoms with Crippen molar-refractivity contribution in [3.63, 3.8) is 0 Å². The normalized spacial score (nSPS) is 24.5. The number of hydrogen-bond acceptors (Lipinski definition) is 3. The Morgan fingerprint density at radius 1 is 1.35 bits per heavy atom. The van der Waals surface area contributed by atoms with Crippen LogP contribution in [0.3, 0.4) is 0 Å². The molecular weight excluding hydrogens is 288 g/mol. The molecular formula is C19H28N2O2. The van der Waals surface area contributed by atoms with Crippen LogP contribution in [0, 0.1) is 11.8 Å². The molecule has 1 aromatic carbocycles. The summed E-state index contributed by atoms with van der Waals surface area (Å²) in [5.41, 5.74) is 1.25. The van der Waals surface area contributed by atoms with E-state index in [4.69, 9.17) is 4.74 Å². The van der Waals surface area contributed by atoms with Gasteiger partial charge in [-0.05, 0) is 49.8 Å². The molecule has 0 spiro atoms. The quantitative estimate of drug-likeness (QED) is 0.877. The van der Waals surface area contributed by atoms with Crippen molar-refractivity contribution in [2.45, 2.75) is 45.7 Å². The van der Waals surface area contributed by atoms with Crippen molar-refractivity contribution in [1.82, 2.24) is 10.2 Å². The van der Waals surface area contributed by atoms with Gasteiger partial charge in [0.25, 0.3) is 0 Å². The summed E-state index contributed by atoms with van der Waals surface area (Å²) >= 11 is 0. The third-order valence-electron chi connectivity index (χ3n) is 4.92. The predicted octanol–water partition coefficient (Wildman–Crippen LogP) is 2.82. The highest BCUT2D eigenvalue weighted by Crippen LogP contribution is 2.32. The number of likely N-dealkylation sites (tertiary alicyclic amines) is 1. The Bertz CT molecular complexity index is 542. The summed E-state index contributed by atoms with van der Waals surface area (Å²) < 4.78 is 5.56. The first-order valence-electron chi connectivity index (χ1n) is 8.91. The lowest BCUT2D eigenvalue weighted by molar-refractivity contribution is -0.134. The first kappa shape index (κ1) is 16.3. The molecule has 0 radical (unpaired) electrons. The van der Waals surface area contributed by atoms with Crippen molar-refractivity contribution in [1.29, 1.82) is 0 Å². The Morgan fingerprint density at radius 3 is 2.87 bits per heavy atom. The van der Waals surface area contributed by atoms with Gasteiger partial charge in [-0.1, -0.05) is 19.1 Å². The predicted molar refractivity (Wildman–Crippen MR) is 91.3 cm³/mol. The number of hydrogen-bond donors (Lipinski definition) is 1. The Labute approximate surface area is 139 Å². The molecule has 0 unspecified atom stereocenters. The van der Waals surface area contributed by atoms with Crippen LogP contribution in [-0.2, 0) is 11.3 Å². The number of nitrogens with one attached hydrogen (secondary N) is 1. The monoisotopic (exact) mass is 316 g/mol. The zero-order valence-corrected chi connectivity index (χ0v) is 14.3. The maximum Gasteiger partial charge on any atom is 0.225 e. The van der Waals surface area contributed by atoms with Gasteiger partial charge in [-0.2, -0.15) is 0 Å². The highest BCUT2D eigenvalue weighted by atomic mass is 16.5. The van der Waals surface area contributed by atoms with E-state index in [9.17, 15) is 4.79 Å². The first-order chi connectivity index (χ1) is 11.2. The minimum absolute atomic E-state index is 0.341. The summed E-state index contributed by atoms with van der Waals surface area (Å²) in [6.45, 7) is 7.60. The molecule has 1 aromatic rings.